The monoisotopic (exact) mass is 275 g/mol. The molecule has 2 amide bonds. The van der Waals surface area contributed by atoms with Gasteiger partial charge in [0.2, 0.25) is 11.8 Å². The summed E-state index contributed by atoms with van der Waals surface area (Å²) in [4.78, 5) is 23.7. The number of carbonyl (C=O) groups is 2. The van der Waals surface area contributed by atoms with Crippen LogP contribution >= 0.6 is 0 Å². The first-order valence-electron chi connectivity index (χ1n) is 6.96. The summed E-state index contributed by atoms with van der Waals surface area (Å²) in [6.45, 7) is 6.66. The summed E-state index contributed by atoms with van der Waals surface area (Å²) in [7, 11) is 0. The van der Waals surface area contributed by atoms with E-state index in [2.05, 4.69) is 16.0 Å². The molecule has 0 aliphatic carbocycles. The van der Waals surface area contributed by atoms with E-state index < -0.39 is 6.04 Å². The van der Waals surface area contributed by atoms with E-state index in [4.69, 9.17) is 0 Å². The zero-order valence-electron chi connectivity index (χ0n) is 12.2. The molecule has 0 fully saturated rings. The van der Waals surface area contributed by atoms with Crippen LogP contribution in [0, 0.1) is 13.8 Å². The summed E-state index contributed by atoms with van der Waals surface area (Å²) in [6, 6.07) is 3.44. The van der Waals surface area contributed by atoms with Crippen LogP contribution in [-0.4, -0.2) is 24.4 Å². The Morgan fingerprint density at radius 3 is 2.55 bits per heavy atom. The Labute approximate surface area is 119 Å². The fourth-order valence-electron chi connectivity index (χ4n) is 2.18. The summed E-state index contributed by atoms with van der Waals surface area (Å²) < 4.78 is 0. The number of amides is 2. The number of hydrogen-bond acceptors (Lipinski definition) is 3. The van der Waals surface area contributed by atoms with Crippen LogP contribution in [0.25, 0.3) is 0 Å². The fourth-order valence-corrected chi connectivity index (χ4v) is 2.18. The van der Waals surface area contributed by atoms with E-state index in [1.165, 1.54) is 0 Å². The molecule has 0 aromatic heterocycles. The van der Waals surface area contributed by atoms with Gasteiger partial charge in [0, 0.05) is 6.54 Å². The van der Waals surface area contributed by atoms with Gasteiger partial charge in [0.1, 0.15) is 6.04 Å². The molecule has 0 spiro atoms. The third kappa shape index (κ3) is 3.10. The fraction of sp³-hybridized carbons (Fsp3) is 0.467. The second-order valence-corrected chi connectivity index (χ2v) is 5.22. The average Bonchev–Trinajstić information content (AvgIpc) is 2.40. The molecule has 0 unspecified atom stereocenters. The van der Waals surface area contributed by atoms with Gasteiger partial charge in [0.05, 0.1) is 17.8 Å². The smallest absolute Gasteiger partial charge is 0.247 e. The van der Waals surface area contributed by atoms with Crippen LogP contribution in [0.4, 0.5) is 11.4 Å². The molecule has 108 valence electrons. The zero-order valence-corrected chi connectivity index (χ0v) is 12.2. The second-order valence-electron chi connectivity index (χ2n) is 5.22. The predicted octanol–water partition coefficient (Wildman–Crippen LogP) is 1.95. The minimum absolute atomic E-state index is 0.105. The highest BCUT2D eigenvalue weighted by Gasteiger charge is 2.27. The molecule has 1 aliphatic rings. The van der Waals surface area contributed by atoms with Crippen molar-refractivity contribution in [3.05, 3.63) is 23.3 Å². The first kappa shape index (κ1) is 14.4. The van der Waals surface area contributed by atoms with Crippen molar-refractivity contribution in [2.75, 3.05) is 17.2 Å². The minimum atomic E-state index is -0.513. The Kier molecular flexibility index (Phi) is 4.27. The minimum Gasteiger partial charge on any atom is -0.372 e. The van der Waals surface area contributed by atoms with E-state index in [1.54, 1.807) is 0 Å². The van der Waals surface area contributed by atoms with Gasteiger partial charge in [-0.1, -0.05) is 6.92 Å². The largest absolute Gasteiger partial charge is 0.372 e. The molecule has 1 aromatic rings. The van der Waals surface area contributed by atoms with E-state index >= 15 is 0 Å². The molecule has 2 rings (SSSR count). The number of fused-ring (bicyclic) bond motifs is 1. The van der Waals surface area contributed by atoms with Crippen molar-refractivity contribution in [3.8, 4) is 0 Å². The van der Waals surface area contributed by atoms with Gasteiger partial charge in [0.25, 0.3) is 0 Å². The molecular weight excluding hydrogens is 254 g/mol. The van der Waals surface area contributed by atoms with Crippen LogP contribution < -0.4 is 16.0 Å². The molecule has 3 N–H and O–H groups in total. The first-order valence-corrected chi connectivity index (χ1v) is 6.96. The summed E-state index contributed by atoms with van der Waals surface area (Å²) in [5.74, 6) is -0.265. The van der Waals surface area contributed by atoms with Gasteiger partial charge in [-0.15, -0.1) is 0 Å². The lowest BCUT2D eigenvalue weighted by atomic mass is 10.0. The summed E-state index contributed by atoms with van der Waals surface area (Å²) in [6.07, 6.45) is 1.04. The normalized spacial score (nSPS) is 16.9. The Balaban J connectivity index is 2.09. The van der Waals surface area contributed by atoms with E-state index in [0.29, 0.717) is 6.54 Å². The van der Waals surface area contributed by atoms with Gasteiger partial charge in [-0.05, 0) is 43.5 Å². The molecule has 5 heteroatoms. The number of rotatable bonds is 4. The summed E-state index contributed by atoms with van der Waals surface area (Å²) in [5.41, 5.74) is 3.94. The maximum atomic E-state index is 12.0. The van der Waals surface area contributed by atoms with E-state index in [9.17, 15) is 9.59 Å². The van der Waals surface area contributed by atoms with Crippen LogP contribution in [0.2, 0.25) is 0 Å². The van der Waals surface area contributed by atoms with Crippen molar-refractivity contribution in [2.24, 2.45) is 0 Å². The summed E-state index contributed by atoms with van der Waals surface area (Å²) in [5, 5.41) is 8.79. The predicted molar refractivity (Wildman–Crippen MR) is 79.9 cm³/mol. The molecule has 0 saturated heterocycles. The van der Waals surface area contributed by atoms with Crippen molar-refractivity contribution in [1.29, 1.82) is 0 Å². The molecule has 1 heterocycles. The molecule has 1 aromatic carbocycles. The Bertz CT molecular complexity index is 540. The van der Waals surface area contributed by atoms with Gasteiger partial charge >= 0.3 is 0 Å². The number of hydrogen-bond donors (Lipinski definition) is 3. The van der Waals surface area contributed by atoms with Crippen LogP contribution in [0.5, 0.6) is 0 Å². The number of anilines is 2. The Morgan fingerprint density at radius 2 is 1.90 bits per heavy atom. The maximum absolute atomic E-state index is 12.0. The molecule has 5 nitrogen and oxygen atoms in total. The van der Waals surface area contributed by atoms with E-state index in [-0.39, 0.29) is 18.2 Å². The third-order valence-corrected chi connectivity index (χ3v) is 3.50. The lowest BCUT2D eigenvalue weighted by Crippen LogP contribution is -2.42. The van der Waals surface area contributed by atoms with Gasteiger partial charge in [-0.3, -0.25) is 9.59 Å². The lowest BCUT2D eigenvalue weighted by Gasteiger charge is -2.27. The van der Waals surface area contributed by atoms with Crippen molar-refractivity contribution in [3.63, 3.8) is 0 Å². The number of aryl methyl sites for hydroxylation is 2. The van der Waals surface area contributed by atoms with Gasteiger partial charge < -0.3 is 16.0 Å². The maximum Gasteiger partial charge on any atom is 0.247 e. The first-order chi connectivity index (χ1) is 9.51. The molecule has 1 atom stereocenters. The molecule has 1 aliphatic heterocycles. The molecule has 0 radical (unpaired) electrons. The van der Waals surface area contributed by atoms with Crippen molar-refractivity contribution in [1.82, 2.24) is 5.32 Å². The van der Waals surface area contributed by atoms with Gasteiger partial charge in [-0.2, -0.15) is 0 Å². The molecule has 0 saturated carbocycles. The summed E-state index contributed by atoms with van der Waals surface area (Å²) >= 11 is 0. The second kappa shape index (κ2) is 5.94. The number of benzene rings is 1. The Morgan fingerprint density at radius 1 is 1.25 bits per heavy atom. The van der Waals surface area contributed by atoms with E-state index in [0.717, 1.165) is 28.9 Å². The molecule has 20 heavy (non-hydrogen) atoms. The number of carbonyl (C=O) groups excluding carboxylic acids is 2. The van der Waals surface area contributed by atoms with Crippen LogP contribution in [-0.2, 0) is 9.59 Å². The highest BCUT2D eigenvalue weighted by Crippen LogP contribution is 2.30. The topological polar surface area (TPSA) is 70.2 Å². The Hall–Kier alpha value is -2.04. The van der Waals surface area contributed by atoms with Crippen LogP contribution in [0.1, 0.15) is 30.9 Å². The highest BCUT2D eigenvalue weighted by atomic mass is 16.2. The quantitative estimate of drug-likeness (QED) is 0.786. The van der Waals surface area contributed by atoms with Gasteiger partial charge in [-0.25, -0.2) is 0 Å². The SMILES string of the molecule is CCCNC(=O)C[C@H]1Nc2cc(C)c(C)cc2NC1=O. The zero-order chi connectivity index (χ0) is 14.7. The highest BCUT2D eigenvalue weighted by molar-refractivity contribution is 6.05. The van der Waals surface area contributed by atoms with E-state index in [1.807, 2.05) is 32.9 Å². The third-order valence-electron chi connectivity index (χ3n) is 3.50. The standard InChI is InChI=1S/C15H21N3O2/c1-4-5-16-14(19)8-13-15(20)18-12-7-10(3)9(2)6-11(12)17-13/h6-7,13,17H,4-5,8H2,1-3H3,(H,16,19)(H,18,20)/t13-/m1/s1. The molecular formula is C15H21N3O2. The van der Waals surface area contributed by atoms with Crippen molar-refractivity contribution < 1.29 is 9.59 Å². The van der Waals surface area contributed by atoms with Crippen molar-refractivity contribution >= 4 is 23.2 Å². The van der Waals surface area contributed by atoms with Crippen LogP contribution in [0.3, 0.4) is 0 Å². The molecule has 0 bridgehead atoms. The van der Waals surface area contributed by atoms with Gasteiger partial charge in [0.15, 0.2) is 0 Å². The average molecular weight is 275 g/mol. The number of nitrogens with one attached hydrogen (secondary N) is 3. The van der Waals surface area contributed by atoms with Crippen LogP contribution in [0.15, 0.2) is 12.1 Å². The lowest BCUT2D eigenvalue weighted by molar-refractivity contribution is -0.125. The van der Waals surface area contributed by atoms with Crippen molar-refractivity contribution in [2.45, 2.75) is 39.7 Å².